The summed E-state index contributed by atoms with van der Waals surface area (Å²) in [5.74, 6) is 1.89. The molecule has 1 N–H and O–H groups in total. The largest absolute Gasteiger partial charge is 0.393 e. The van der Waals surface area contributed by atoms with E-state index in [4.69, 9.17) is 0 Å². The van der Waals surface area contributed by atoms with Gasteiger partial charge >= 0.3 is 0 Å². The lowest BCUT2D eigenvalue weighted by Crippen LogP contribution is -2.65. The number of aromatic nitrogens is 2. The third kappa shape index (κ3) is 3.54. The smallest absolute Gasteiger partial charge is 0.160 e. The van der Waals surface area contributed by atoms with Gasteiger partial charge in [0.1, 0.15) is 12.1 Å². The van der Waals surface area contributed by atoms with Crippen molar-refractivity contribution in [1.82, 2.24) is 9.97 Å². The van der Waals surface area contributed by atoms with E-state index in [1.54, 1.807) is 6.20 Å². The molecule has 8 atom stereocenters. The van der Waals surface area contributed by atoms with Crippen LogP contribution >= 0.6 is 0 Å². The van der Waals surface area contributed by atoms with Gasteiger partial charge in [-0.2, -0.15) is 0 Å². The first kappa shape index (κ1) is 28.2. The number of ketones is 2. The van der Waals surface area contributed by atoms with Crippen molar-refractivity contribution in [2.24, 2.45) is 50.7 Å². The maximum atomic E-state index is 14.3. The van der Waals surface area contributed by atoms with Gasteiger partial charge in [0.15, 0.2) is 5.78 Å². The summed E-state index contributed by atoms with van der Waals surface area (Å²) >= 11 is 0. The van der Waals surface area contributed by atoms with Crippen LogP contribution in [0.15, 0.2) is 29.7 Å². The normalized spacial score (nSPS) is 44.1. The molecule has 5 aliphatic carbocycles. The lowest BCUT2D eigenvalue weighted by atomic mass is 9.33. The lowest BCUT2D eigenvalue weighted by Gasteiger charge is -2.72. The molecule has 4 saturated carbocycles. The number of hydrogen-bond acceptors (Lipinski definition) is 5. The average Bonchev–Trinajstić information content (AvgIpc) is 3.21. The summed E-state index contributed by atoms with van der Waals surface area (Å²) in [6.07, 6.45) is 11.9. The number of rotatable bonds is 4. The highest BCUT2D eigenvalue weighted by molar-refractivity contribution is 6.07. The number of aliphatic hydroxyl groups is 1. The minimum Gasteiger partial charge on any atom is -0.393 e. The van der Waals surface area contributed by atoms with Crippen LogP contribution in [-0.4, -0.2) is 32.7 Å². The summed E-state index contributed by atoms with van der Waals surface area (Å²) in [7, 11) is 0. The van der Waals surface area contributed by atoms with Crippen molar-refractivity contribution >= 4 is 11.6 Å². The highest BCUT2D eigenvalue weighted by atomic mass is 16.3. The first-order valence-corrected chi connectivity index (χ1v) is 16.0. The average molecular weight is 547 g/mol. The molecule has 1 aromatic heterocycles. The molecule has 0 spiro atoms. The molecule has 0 aliphatic heterocycles. The predicted octanol–water partition coefficient (Wildman–Crippen LogP) is 6.93. The second kappa shape index (κ2) is 9.06. The fraction of sp³-hybridized carbons (Fsp3) is 0.771. The Morgan fingerprint density at radius 1 is 0.975 bits per heavy atom. The summed E-state index contributed by atoms with van der Waals surface area (Å²) in [4.78, 5) is 36.5. The van der Waals surface area contributed by atoms with Gasteiger partial charge in [0.25, 0.3) is 0 Å². The van der Waals surface area contributed by atoms with Crippen molar-refractivity contribution in [1.29, 1.82) is 0 Å². The molecule has 5 heteroatoms. The highest BCUT2D eigenvalue weighted by Gasteiger charge is 2.70. The third-order valence-corrected chi connectivity index (χ3v) is 13.9. The van der Waals surface area contributed by atoms with Gasteiger partial charge in [0.05, 0.1) is 17.2 Å². The number of hydrogen-bond donors (Lipinski definition) is 1. The van der Waals surface area contributed by atoms with E-state index in [0.717, 1.165) is 56.2 Å². The molecule has 0 aromatic carbocycles. The number of fused-ring (bicyclic) bond motifs is 7. The van der Waals surface area contributed by atoms with Crippen LogP contribution in [0.3, 0.4) is 0 Å². The van der Waals surface area contributed by atoms with E-state index in [1.165, 1.54) is 18.3 Å². The highest BCUT2D eigenvalue weighted by Crippen LogP contribution is 2.76. The zero-order chi connectivity index (χ0) is 28.9. The van der Waals surface area contributed by atoms with Crippen LogP contribution in [0.4, 0.5) is 0 Å². The first-order chi connectivity index (χ1) is 18.7. The molecule has 4 fully saturated rings. The molecule has 1 heterocycles. The summed E-state index contributed by atoms with van der Waals surface area (Å²) in [6.45, 7) is 16.6. The second-order valence-corrected chi connectivity index (χ2v) is 16.0. The monoisotopic (exact) mass is 546 g/mol. The Bertz CT molecular complexity index is 1250. The Labute approximate surface area is 241 Å². The predicted molar refractivity (Wildman–Crippen MR) is 156 cm³/mol. The maximum absolute atomic E-state index is 14.3. The van der Waals surface area contributed by atoms with Crippen molar-refractivity contribution in [2.75, 3.05) is 0 Å². The number of nitrogens with zero attached hydrogens (tertiary/aromatic N) is 2. The SMILES string of the molecule is CC(C)C1=C2[C@H]3CC[C@@H]4[C@@]5(C)CC[C@H](O)C(C)(C)[C@@H]5CC[C@@]4(C)[C@]3(C)CC[C@@]2(C(=O)Cc2ccncn2)CC1=O. The summed E-state index contributed by atoms with van der Waals surface area (Å²) in [6, 6.07) is 1.83. The van der Waals surface area contributed by atoms with Gasteiger partial charge in [-0.3, -0.25) is 9.59 Å². The molecule has 218 valence electrons. The van der Waals surface area contributed by atoms with Crippen molar-refractivity contribution in [3.05, 3.63) is 35.4 Å². The summed E-state index contributed by atoms with van der Waals surface area (Å²) in [5.41, 5.74) is 2.60. The van der Waals surface area contributed by atoms with Crippen molar-refractivity contribution in [3.63, 3.8) is 0 Å². The lowest BCUT2D eigenvalue weighted by molar-refractivity contribution is -0.228. The number of Topliss-reactive ketones (excluding diaryl/α,β-unsaturated/α-hetero) is 2. The summed E-state index contributed by atoms with van der Waals surface area (Å²) < 4.78 is 0. The van der Waals surface area contributed by atoms with E-state index in [9.17, 15) is 14.7 Å². The minimum atomic E-state index is -0.674. The van der Waals surface area contributed by atoms with Crippen molar-refractivity contribution < 1.29 is 14.7 Å². The van der Waals surface area contributed by atoms with Crippen LogP contribution in [0.25, 0.3) is 0 Å². The number of allylic oxidation sites excluding steroid dienone is 2. The van der Waals surface area contributed by atoms with Crippen molar-refractivity contribution in [3.8, 4) is 0 Å². The Kier molecular flexibility index (Phi) is 6.40. The quantitative estimate of drug-likeness (QED) is 0.443. The standard InChI is InChI=1S/C35H50N2O3/c1-21(2)29-24(38)19-35(28(40)18-22-12-17-36-20-37-22)16-15-33(6)23(30(29)35)8-9-26-32(5)13-11-27(39)31(3,4)25(32)10-14-34(26,33)7/h12,17,20-21,23,25-27,39H,8-11,13-16,18-19H2,1-7H3/t23-,25+,26-,27+,32+,33-,34-,35+/m1/s1. The molecule has 5 aliphatic rings. The van der Waals surface area contributed by atoms with Crippen LogP contribution in [0, 0.1) is 50.7 Å². The van der Waals surface area contributed by atoms with Crippen LogP contribution in [-0.2, 0) is 16.0 Å². The molecule has 0 bridgehead atoms. The van der Waals surface area contributed by atoms with E-state index in [0.29, 0.717) is 18.3 Å². The van der Waals surface area contributed by atoms with Gasteiger partial charge in [-0.1, -0.05) is 48.5 Å². The fourth-order valence-electron chi connectivity index (χ4n) is 11.7. The summed E-state index contributed by atoms with van der Waals surface area (Å²) in [5, 5.41) is 11.0. The maximum Gasteiger partial charge on any atom is 0.160 e. The van der Waals surface area contributed by atoms with Crippen LogP contribution < -0.4 is 0 Å². The van der Waals surface area contributed by atoms with Crippen LogP contribution in [0.2, 0.25) is 0 Å². The topological polar surface area (TPSA) is 80.2 Å². The molecule has 6 rings (SSSR count). The van der Waals surface area contributed by atoms with Gasteiger partial charge < -0.3 is 5.11 Å². The van der Waals surface area contributed by atoms with E-state index in [-0.39, 0.29) is 57.6 Å². The van der Waals surface area contributed by atoms with E-state index >= 15 is 0 Å². The van der Waals surface area contributed by atoms with Gasteiger partial charge in [-0.15, -0.1) is 0 Å². The molecule has 0 saturated heterocycles. The van der Waals surface area contributed by atoms with Crippen LogP contribution in [0.1, 0.15) is 112 Å². The Morgan fingerprint density at radius 2 is 1.73 bits per heavy atom. The van der Waals surface area contributed by atoms with Crippen LogP contribution in [0.5, 0.6) is 0 Å². The zero-order valence-electron chi connectivity index (χ0n) is 25.8. The second-order valence-electron chi connectivity index (χ2n) is 16.0. The van der Waals surface area contributed by atoms with E-state index in [2.05, 4.69) is 58.4 Å². The minimum absolute atomic E-state index is 0.0445. The van der Waals surface area contributed by atoms with E-state index < -0.39 is 5.41 Å². The molecule has 5 nitrogen and oxygen atoms in total. The molecular formula is C35H50N2O3. The van der Waals surface area contributed by atoms with Gasteiger partial charge in [0.2, 0.25) is 0 Å². The number of aliphatic hydroxyl groups excluding tert-OH is 1. The number of carbonyl (C=O) groups is 2. The fourth-order valence-corrected chi connectivity index (χ4v) is 11.7. The Balaban J connectivity index is 1.42. The van der Waals surface area contributed by atoms with Gasteiger partial charge in [-0.05, 0) is 114 Å². The van der Waals surface area contributed by atoms with E-state index in [1.807, 2.05) is 6.07 Å². The molecule has 0 unspecified atom stereocenters. The number of carbonyl (C=O) groups excluding carboxylic acids is 2. The molecular weight excluding hydrogens is 496 g/mol. The molecule has 40 heavy (non-hydrogen) atoms. The molecule has 1 aromatic rings. The first-order valence-electron chi connectivity index (χ1n) is 16.0. The third-order valence-electron chi connectivity index (χ3n) is 13.9. The zero-order valence-corrected chi connectivity index (χ0v) is 25.8. The van der Waals surface area contributed by atoms with Crippen molar-refractivity contribution in [2.45, 2.75) is 119 Å². The molecule has 0 radical (unpaired) electrons. The molecule has 0 amide bonds. The Hall–Kier alpha value is -1.88. The van der Waals surface area contributed by atoms with Gasteiger partial charge in [0, 0.05) is 19.0 Å². The Morgan fingerprint density at radius 3 is 2.40 bits per heavy atom. The van der Waals surface area contributed by atoms with Gasteiger partial charge in [-0.25, -0.2) is 9.97 Å².